The van der Waals surface area contributed by atoms with Crippen molar-refractivity contribution in [3.8, 4) is 17.1 Å². The van der Waals surface area contributed by atoms with Crippen molar-refractivity contribution in [2.24, 2.45) is 0 Å². The van der Waals surface area contributed by atoms with Crippen molar-refractivity contribution in [3.05, 3.63) is 66.9 Å². The molecule has 3 aromatic heterocycles. The van der Waals surface area contributed by atoms with Crippen molar-refractivity contribution < 1.29 is 39.5 Å². The number of carboxylic acids is 3. The number of aliphatic hydroxyl groups is 1. The van der Waals surface area contributed by atoms with Gasteiger partial charge in [-0.3, -0.25) is 14.6 Å². The smallest absolute Gasteiger partial charge is 0.336 e. The molecule has 0 radical (unpaired) electrons. The maximum absolute atomic E-state index is 10.3. The molecule has 0 bridgehead atoms. The van der Waals surface area contributed by atoms with E-state index in [2.05, 4.69) is 57.4 Å². The number of nitrogens with zero attached hydrogens (tertiary/aromatic N) is 2. The van der Waals surface area contributed by atoms with E-state index in [1.165, 1.54) is 10.8 Å². The van der Waals surface area contributed by atoms with Crippen LogP contribution in [0.1, 0.15) is 12.8 Å². The van der Waals surface area contributed by atoms with E-state index in [9.17, 15) is 14.4 Å². The molecule has 3 heterocycles. The van der Waals surface area contributed by atoms with Crippen LogP contribution in [0.5, 0.6) is 5.88 Å². The maximum Gasteiger partial charge on any atom is 0.336 e. The number of aromatic nitrogens is 3. The molecule has 0 atom stereocenters. The lowest BCUT2D eigenvalue weighted by Gasteiger charge is -2.18. The predicted molar refractivity (Wildman–Crippen MR) is 138 cm³/mol. The molecule has 38 heavy (non-hydrogen) atoms. The number of fused-ring (bicyclic) bond motifs is 4. The number of ether oxygens (including phenoxy) is 1. The highest BCUT2D eigenvalue weighted by Crippen LogP contribution is 2.34. The Bertz CT molecular complexity index is 1660. The number of benzene rings is 2. The second kappa shape index (κ2) is 10.5. The first-order chi connectivity index (χ1) is 18.1. The van der Waals surface area contributed by atoms with E-state index in [1.807, 2.05) is 24.4 Å². The van der Waals surface area contributed by atoms with Crippen molar-refractivity contribution in [2.75, 3.05) is 7.11 Å². The molecule has 0 aliphatic carbocycles. The minimum atomic E-state index is -2.74. The summed E-state index contributed by atoms with van der Waals surface area (Å²) >= 11 is 0. The van der Waals surface area contributed by atoms with Crippen molar-refractivity contribution in [1.29, 1.82) is 0 Å². The van der Waals surface area contributed by atoms with Crippen LogP contribution in [0, 0.1) is 0 Å². The summed E-state index contributed by atoms with van der Waals surface area (Å²) in [6, 6.07) is 20.5. The molecule has 0 fully saturated rings. The van der Waals surface area contributed by atoms with Crippen molar-refractivity contribution in [3.63, 3.8) is 0 Å². The number of H-pyrrole nitrogens is 1. The number of aliphatic carboxylic acids is 3. The van der Waals surface area contributed by atoms with Gasteiger partial charge in [0.1, 0.15) is 0 Å². The Labute approximate surface area is 215 Å². The molecule has 5 aromatic rings. The van der Waals surface area contributed by atoms with Gasteiger partial charge in [0.15, 0.2) is 5.60 Å². The fourth-order valence-electron chi connectivity index (χ4n) is 4.13. The summed E-state index contributed by atoms with van der Waals surface area (Å²) in [4.78, 5) is 43.2. The van der Waals surface area contributed by atoms with Gasteiger partial charge < -0.3 is 30.1 Å². The largest absolute Gasteiger partial charge is 0.481 e. The fraction of sp³-hybridized carbons (Fsp3) is 0.148. The highest BCUT2D eigenvalue weighted by Gasteiger charge is 2.40. The van der Waals surface area contributed by atoms with Crippen molar-refractivity contribution in [2.45, 2.75) is 18.4 Å². The van der Waals surface area contributed by atoms with Crippen LogP contribution in [0.15, 0.2) is 66.9 Å². The van der Waals surface area contributed by atoms with Gasteiger partial charge in [0.25, 0.3) is 0 Å². The van der Waals surface area contributed by atoms with Gasteiger partial charge in [0, 0.05) is 23.2 Å². The van der Waals surface area contributed by atoms with Crippen LogP contribution in [0.2, 0.25) is 0 Å². The molecule has 11 nitrogen and oxygen atoms in total. The molecule has 0 amide bonds. The van der Waals surface area contributed by atoms with Gasteiger partial charge in [0.2, 0.25) is 5.88 Å². The summed E-state index contributed by atoms with van der Waals surface area (Å²) in [5.41, 5.74) is 2.18. The summed E-state index contributed by atoms with van der Waals surface area (Å²) in [7, 11) is 1.63. The number of rotatable bonds is 7. The number of aromatic amines is 1. The lowest BCUT2D eigenvalue weighted by Crippen LogP contribution is -2.42. The third-order valence-corrected chi connectivity index (χ3v) is 5.87. The topological polar surface area (TPSA) is 183 Å². The maximum atomic E-state index is 10.3. The molecule has 194 valence electrons. The van der Waals surface area contributed by atoms with E-state index in [1.54, 1.807) is 7.11 Å². The molecule has 0 aliphatic heterocycles. The molecule has 5 rings (SSSR count). The first kappa shape index (κ1) is 26.0. The third kappa shape index (κ3) is 5.22. The van der Waals surface area contributed by atoms with Crippen molar-refractivity contribution >= 4 is 50.6 Å². The minimum Gasteiger partial charge on any atom is -0.481 e. The van der Waals surface area contributed by atoms with E-state index in [0.717, 1.165) is 33.2 Å². The van der Waals surface area contributed by atoms with Crippen LogP contribution in [-0.2, 0) is 14.4 Å². The van der Waals surface area contributed by atoms with Gasteiger partial charge in [0.05, 0.1) is 42.2 Å². The van der Waals surface area contributed by atoms with Gasteiger partial charge in [-0.2, -0.15) is 0 Å². The Hall–Kier alpha value is -5.03. The number of carboxylic acid groups (broad SMARTS) is 3. The second-order valence-corrected chi connectivity index (χ2v) is 8.46. The van der Waals surface area contributed by atoms with Crippen LogP contribution in [0.3, 0.4) is 0 Å². The van der Waals surface area contributed by atoms with Gasteiger partial charge in [-0.25, -0.2) is 9.78 Å². The monoisotopic (exact) mass is 517 g/mol. The molecule has 0 saturated heterocycles. The second-order valence-electron chi connectivity index (χ2n) is 8.46. The summed E-state index contributed by atoms with van der Waals surface area (Å²) in [6.45, 7) is 0. The summed E-state index contributed by atoms with van der Waals surface area (Å²) in [5, 5.41) is 37.3. The van der Waals surface area contributed by atoms with Gasteiger partial charge in [-0.1, -0.05) is 42.5 Å². The number of nitrogens with one attached hydrogen (secondary N) is 1. The van der Waals surface area contributed by atoms with Crippen molar-refractivity contribution in [1.82, 2.24) is 15.0 Å². The number of hydrogen-bond acceptors (Lipinski definition) is 7. The molecule has 0 saturated carbocycles. The lowest BCUT2D eigenvalue weighted by molar-refractivity contribution is -0.170. The first-order valence-corrected chi connectivity index (χ1v) is 11.3. The number of pyridine rings is 2. The van der Waals surface area contributed by atoms with Crippen LogP contribution in [0.4, 0.5) is 0 Å². The molecule has 0 spiro atoms. The van der Waals surface area contributed by atoms with E-state index in [-0.39, 0.29) is 0 Å². The average molecular weight is 517 g/mol. The zero-order chi connectivity index (χ0) is 27.4. The SMILES string of the molecule is COc1ccc2[nH]c3c(-c4cccc5ccccc45)nccc3c2n1.O=C(O)CC(O)(CC(=O)O)C(=O)O. The minimum absolute atomic E-state index is 0.608. The number of hydrogen-bond donors (Lipinski definition) is 5. The number of carbonyl (C=O) groups is 3. The normalized spacial score (nSPS) is 11.2. The molecule has 0 aliphatic rings. The summed E-state index contributed by atoms with van der Waals surface area (Å²) in [6.07, 6.45) is -0.447. The Morgan fingerprint density at radius 1 is 0.895 bits per heavy atom. The van der Waals surface area contributed by atoms with Crippen LogP contribution in [-0.4, -0.2) is 66.0 Å². The highest BCUT2D eigenvalue weighted by atomic mass is 16.5. The zero-order valence-electron chi connectivity index (χ0n) is 20.1. The summed E-state index contributed by atoms with van der Waals surface area (Å²) < 4.78 is 5.27. The molecular formula is C27H23N3O8. The van der Waals surface area contributed by atoms with E-state index >= 15 is 0 Å². The molecule has 0 unspecified atom stereocenters. The van der Waals surface area contributed by atoms with Crippen LogP contribution < -0.4 is 4.74 Å². The fourth-order valence-corrected chi connectivity index (χ4v) is 4.13. The summed E-state index contributed by atoms with van der Waals surface area (Å²) in [5.74, 6) is -4.41. The Morgan fingerprint density at radius 2 is 1.58 bits per heavy atom. The predicted octanol–water partition coefficient (Wildman–Crippen LogP) is 3.69. The quantitative estimate of drug-likeness (QED) is 0.213. The van der Waals surface area contributed by atoms with Gasteiger partial charge in [-0.15, -0.1) is 0 Å². The van der Waals surface area contributed by atoms with E-state index in [4.69, 9.17) is 25.2 Å². The van der Waals surface area contributed by atoms with Crippen LogP contribution in [0.25, 0.3) is 44.0 Å². The molecular weight excluding hydrogens is 494 g/mol. The van der Waals surface area contributed by atoms with Gasteiger partial charge >= 0.3 is 17.9 Å². The Kier molecular flexibility index (Phi) is 7.22. The zero-order valence-corrected chi connectivity index (χ0v) is 20.1. The highest BCUT2D eigenvalue weighted by molar-refractivity contribution is 6.11. The standard InChI is InChI=1S/C21H15N3O.C6H8O7/c1-25-18-10-9-17-19(24-18)16-11-12-22-20(21(16)23-17)15-8-4-6-13-5-2-3-7-14(13)15;7-3(8)1-6(13,5(11)12)2-4(9)10/h2-12,23H,1H3;13H,1-2H2,(H,7,8)(H,9,10)(H,11,12). The van der Waals surface area contributed by atoms with E-state index in [0.29, 0.717) is 5.88 Å². The van der Waals surface area contributed by atoms with E-state index < -0.39 is 36.4 Å². The van der Waals surface area contributed by atoms with Crippen LogP contribution >= 0.6 is 0 Å². The molecule has 11 heteroatoms. The average Bonchev–Trinajstić information content (AvgIpc) is 3.26. The third-order valence-electron chi connectivity index (χ3n) is 5.87. The first-order valence-electron chi connectivity index (χ1n) is 11.3. The number of methoxy groups -OCH3 is 1. The molecule has 2 aromatic carbocycles. The molecule has 5 N–H and O–H groups in total. The lowest BCUT2D eigenvalue weighted by atomic mass is 9.96. The van der Waals surface area contributed by atoms with Gasteiger partial charge in [-0.05, 0) is 22.9 Å². The Morgan fingerprint density at radius 3 is 2.24 bits per heavy atom. The Balaban J connectivity index is 0.000000222.